The monoisotopic (exact) mass is 238 g/mol. The van der Waals surface area contributed by atoms with Crippen molar-refractivity contribution in [3.05, 3.63) is 17.2 Å². The van der Waals surface area contributed by atoms with Gasteiger partial charge in [-0.25, -0.2) is 0 Å². The molecule has 3 heteroatoms. The Hall–Kier alpha value is -1.38. The standard InChI is InChI=1S/C14H22O3/c1-13(2,3)8-7-9(15)11(16)12(17)10(8)14(4,5)6/h7,15-17H,1-6H3. The molecule has 17 heavy (non-hydrogen) atoms. The molecular weight excluding hydrogens is 216 g/mol. The summed E-state index contributed by atoms with van der Waals surface area (Å²) in [6.07, 6.45) is 0. The summed E-state index contributed by atoms with van der Waals surface area (Å²) < 4.78 is 0. The number of aromatic hydroxyl groups is 3. The van der Waals surface area contributed by atoms with Crippen LogP contribution in [0.15, 0.2) is 6.07 Å². The highest BCUT2D eigenvalue weighted by atomic mass is 16.3. The fraction of sp³-hybridized carbons (Fsp3) is 0.571. The molecule has 0 aliphatic heterocycles. The normalized spacial score (nSPS) is 12.8. The average Bonchev–Trinajstić information content (AvgIpc) is 2.09. The number of hydrogen-bond donors (Lipinski definition) is 3. The van der Waals surface area contributed by atoms with E-state index in [-0.39, 0.29) is 22.3 Å². The van der Waals surface area contributed by atoms with Gasteiger partial charge in [0.05, 0.1) is 0 Å². The van der Waals surface area contributed by atoms with Crippen molar-refractivity contribution in [1.82, 2.24) is 0 Å². The molecule has 1 rings (SSSR count). The third-order valence-electron chi connectivity index (χ3n) is 2.81. The van der Waals surface area contributed by atoms with E-state index in [0.29, 0.717) is 5.56 Å². The summed E-state index contributed by atoms with van der Waals surface area (Å²) >= 11 is 0. The summed E-state index contributed by atoms with van der Waals surface area (Å²) in [5.74, 6) is -0.939. The Labute approximate surface area is 103 Å². The van der Waals surface area contributed by atoms with Gasteiger partial charge in [0.15, 0.2) is 11.5 Å². The van der Waals surface area contributed by atoms with E-state index >= 15 is 0 Å². The molecule has 0 saturated carbocycles. The highest BCUT2D eigenvalue weighted by molar-refractivity contribution is 5.60. The third kappa shape index (κ3) is 2.48. The molecule has 96 valence electrons. The molecule has 0 aliphatic rings. The van der Waals surface area contributed by atoms with Crippen LogP contribution in [0.3, 0.4) is 0 Å². The summed E-state index contributed by atoms with van der Waals surface area (Å²) in [5.41, 5.74) is 1.00. The molecule has 0 amide bonds. The van der Waals surface area contributed by atoms with E-state index in [1.54, 1.807) is 0 Å². The Bertz CT molecular complexity index is 434. The van der Waals surface area contributed by atoms with E-state index < -0.39 is 5.75 Å². The van der Waals surface area contributed by atoms with Crippen LogP contribution in [0.25, 0.3) is 0 Å². The highest BCUT2D eigenvalue weighted by Crippen LogP contribution is 2.47. The Balaban J connectivity index is 3.71. The maximum absolute atomic E-state index is 10.0. The van der Waals surface area contributed by atoms with Gasteiger partial charge in [-0.3, -0.25) is 0 Å². The van der Waals surface area contributed by atoms with Gasteiger partial charge in [0, 0.05) is 5.56 Å². The van der Waals surface area contributed by atoms with Crippen molar-refractivity contribution in [1.29, 1.82) is 0 Å². The maximum atomic E-state index is 10.0. The maximum Gasteiger partial charge on any atom is 0.200 e. The number of hydrogen-bond acceptors (Lipinski definition) is 3. The topological polar surface area (TPSA) is 60.7 Å². The minimum Gasteiger partial charge on any atom is -0.504 e. The number of phenols is 3. The molecule has 3 N–H and O–H groups in total. The van der Waals surface area contributed by atoms with E-state index in [2.05, 4.69) is 0 Å². The lowest BCUT2D eigenvalue weighted by molar-refractivity contribution is 0.354. The molecule has 0 heterocycles. The molecule has 0 fully saturated rings. The zero-order valence-corrected chi connectivity index (χ0v) is 11.4. The van der Waals surface area contributed by atoms with Crippen molar-refractivity contribution in [3.8, 4) is 17.2 Å². The molecule has 0 unspecified atom stereocenters. The van der Waals surface area contributed by atoms with E-state index in [1.165, 1.54) is 6.07 Å². The van der Waals surface area contributed by atoms with E-state index in [4.69, 9.17) is 0 Å². The van der Waals surface area contributed by atoms with Crippen molar-refractivity contribution in [3.63, 3.8) is 0 Å². The molecule has 0 aromatic heterocycles. The zero-order chi connectivity index (χ0) is 13.6. The van der Waals surface area contributed by atoms with Crippen LogP contribution in [0.2, 0.25) is 0 Å². The summed E-state index contributed by atoms with van der Waals surface area (Å²) in [7, 11) is 0. The van der Waals surface area contributed by atoms with Gasteiger partial charge < -0.3 is 15.3 Å². The predicted molar refractivity (Wildman–Crippen MR) is 68.8 cm³/mol. The Morgan fingerprint density at radius 3 is 1.59 bits per heavy atom. The lowest BCUT2D eigenvalue weighted by atomic mass is 9.74. The second-order valence-corrected chi connectivity index (χ2v) is 6.52. The quantitative estimate of drug-likeness (QED) is 0.607. The minimum absolute atomic E-state index is 0.217. The zero-order valence-electron chi connectivity index (χ0n) is 11.4. The van der Waals surface area contributed by atoms with Crippen molar-refractivity contribution < 1.29 is 15.3 Å². The Morgan fingerprint density at radius 2 is 1.24 bits per heavy atom. The van der Waals surface area contributed by atoms with E-state index in [9.17, 15) is 15.3 Å². The number of benzene rings is 1. The highest BCUT2D eigenvalue weighted by Gasteiger charge is 2.31. The molecule has 0 atom stereocenters. The molecule has 0 radical (unpaired) electrons. The van der Waals surface area contributed by atoms with Gasteiger partial charge in [0.1, 0.15) is 0 Å². The van der Waals surface area contributed by atoms with Gasteiger partial charge >= 0.3 is 0 Å². The number of rotatable bonds is 0. The van der Waals surface area contributed by atoms with Crippen LogP contribution in [-0.4, -0.2) is 15.3 Å². The smallest absolute Gasteiger partial charge is 0.200 e. The third-order valence-corrected chi connectivity index (χ3v) is 2.81. The van der Waals surface area contributed by atoms with Crippen molar-refractivity contribution in [2.75, 3.05) is 0 Å². The van der Waals surface area contributed by atoms with Gasteiger partial charge in [-0.1, -0.05) is 41.5 Å². The van der Waals surface area contributed by atoms with Gasteiger partial charge in [-0.15, -0.1) is 0 Å². The second kappa shape index (κ2) is 3.83. The first-order valence-electron chi connectivity index (χ1n) is 5.75. The van der Waals surface area contributed by atoms with Crippen LogP contribution >= 0.6 is 0 Å². The van der Waals surface area contributed by atoms with Crippen LogP contribution in [0.4, 0.5) is 0 Å². The fourth-order valence-electron chi connectivity index (χ4n) is 2.00. The second-order valence-electron chi connectivity index (χ2n) is 6.52. The first-order valence-corrected chi connectivity index (χ1v) is 5.75. The van der Waals surface area contributed by atoms with Gasteiger partial charge in [0.2, 0.25) is 5.75 Å². The largest absolute Gasteiger partial charge is 0.504 e. The average molecular weight is 238 g/mol. The Morgan fingerprint density at radius 1 is 0.765 bits per heavy atom. The van der Waals surface area contributed by atoms with Gasteiger partial charge in [0.25, 0.3) is 0 Å². The predicted octanol–water partition coefficient (Wildman–Crippen LogP) is 3.40. The molecule has 0 saturated heterocycles. The SMILES string of the molecule is CC(C)(C)c1cc(O)c(O)c(O)c1C(C)(C)C. The van der Waals surface area contributed by atoms with Crippen LogP contribution in [0, 0.1) is 0 Å². The van der Waals surface area contributed by atoms with Crippen LogP contribution < -0.4 is 0 Å². The Kier molecular flexibility index (Phi) is 3.08. The molecule has 1 aromatic carbocycles. The summed E-state index contributed by atoms with van der Waals surface area (Å²) in [4.78, 5) is 0. The summed E-state index contributed by atoms with van der Waals surface area (Å²) in [5, 5.41) is 29.3. The molecule has 3 nitrogen and oxygen atoms in total. The molecule has 0 bridgehead atoms. The van der Waals surface area contributed by atoms with Gasteiger partial charge in [-0.2, -0.15) is 0 Å². The summed E-state index contributed by atoms with van der Waals surface area (Å²) in [6.45, 7) is 11.9. The van der Waals surface area contributed by atoms with Crippen molar-refractivity contribution >= 4 is 0 Å². The lowest BCUT2D eigenvalue weighted by Gasteiger charge is -2.31. The molecule has 0 spiro atoms. The fourth-order valence-corrected chi connectivity index (χ4v) is 2.00. The van der Waals surface area contributed by atoms with E-state index in [1.807, 2.05) is 41.5 Å². The number of phenolic OH excluding ortho intramolecular Hbond substituents is 3. The van der Waals surface area contributed by atoms with Gasteiger partial charge in [-0.05, 0) is 22.5 Å². The van der Waals surface area contributed by atoms with Crippen LogP contribution in [0.5, 0.6) is 17.2 Å². The summed E-state index contributed by atoms with van der Waals surface area (Å²) in [6, 6.07) is 1.54. The molecule has 1 aromatic rings. The van der Waals surface area contributed by atoms with Crippen LogP contribution in [-0.2, 0) is 10.8 Å². The van der Waals surface area contributed by atoms with Crippen molar-refractivity contribution in [2.45, 2.75) is 52.4 Å². The first-order chi connectivity index (χ1) is 7.46. The first kappa shape index (κ1) is 13.7. The minimum atomic E-state index is -0.442. The molecule has 0 aliphatic carbocycles. The molecular formula is C14H22O3. The van der Waals surface area contributed by atoms with Crippen molar-refractivity contribution in [2.24, 2.45) is 0 Å². The van der Waals surface area contributed by atoms with Crippen LogP contribution in [0.1, 0.15) is 52.7 Å². The lowest BCUT2D eigenvalue weighted by Crippen LogP contribution is -2.22. The van der Waals surface area contributed by atoms with E-state index in [0.717, 1.165) is 5.56 Å².